The van der Waals surface area contributed by atoms with E-state index in [9.17, 15) is 18.5 Å². The summed E-state index contributed by atoms with van der Waals surface area (Å²) >= 11 is 0. The fourth-order valence-corrected chi connectivity index (χ4v) is 3.93. The lowest BCUT2D eigenvalue weighted by Gasteiger charge is -2.16. The first-order valence-electron chi connectivity index (χ1n) is 10.2. The van der Waals surface area contributed by atoms with Gasteiger partial charge in [0.2, 0.25) is 0 Å². The van der Waals surface area contributed by atoms with Crippen molar-refractivity contribution in [2.24, 2.45) is 5.92 Å². The molecule has 0 aromatic heterocycles. The van der Waals surface area contributed by atoms with Crippen LogP contribution in [0.15, 0.2) is 48.5 Å². The Morgan fingerprint density at radius 1 is 1.26 bits per heavy atom. The van der Waals surface area contributed by atoms with E-state index in [1.807, 2.05) is 30.3 Å². The first kappa shape index (κ1) is 22.9. The van der Waals surface area contributed by atoms with E-state index in [4.69, 9.17) is 8.92 Å². The molecule has 1 aliphatic heterocycles. The molecule has 2 atom stereocenters. The van der Waals surface area contributed by atoms with Gasteiger partial charge in [-0.15, -0.1) is 0 Å². The van der Waals surface area contributed by atoms with Gasteiger partial charge in [-0.05, 0) is 48.2 Å². The van der Waals surface area contributed by atoms with Gasteiger partial charge in [-0.1, -0.05) is 36.4 Å². The molecular weight excluding hydrogens is 416 g/mol. The van der Waals surface area contributed by atoms with Crippen molar-refractivity contribution in [1.82, 2.24) is 5.32 Å². The lowest BCUT2D eigenvalue weighted by molar-refractivity contribution is -0.130. The molecule has 7 nitrogen and oxygen atoms in total. The number of Topliss-reactive ketones (excluding diaryl/α,β-unsaturated/α-hetero) is 1. The molecular formula is C23H26N2O5S. The second-order valence-corrected chi connectivity index (χ2v) is 9.20. The quantitative estimate of drug-likeness (QED) is 0.627. The van der Waals surface area contributed by atoms with Crippen molar-refractivity contribution in [3.8, 4) is 22.9 Å². The highest BCUT2D eigenvalue weighted by Gasteiger charge is 2.24. The average molecular weight is 443 g/mol. The molecule has 1 saturated heterocycles. The minimum atomic E-state index is -3.59. The summed E-state index contributed by atoms with van der Waals surface area (Å²) in [5.41, 5.74) is 2.66. The molecule has 1 N–H and O–H groups in total. The van der Waals surface area contributed by atoms with Crippen LogP contribution in [0.1, 0.15) is 18.4 Å². The number of nitrogens with one attached hydrogen (secondary N) is 1. The molecule has 0 saturated carbocycles. The van der Waals surface area contributed by atoms with Gasteiger partial charge in [0, 0.05) is 19.6 Å². The molecule has 0 radical (unpaired) electrons. The Balaban J connectivity index is 1.63. The third-order valence-electron chi connectivity index (χ3n) is 4.99. The van der Waals surface area contributed by atoms with Crippen molar-refractivity contribution in [2.75, 3.05) is 26.0 Å². The number of hydrogen-bond acceptors (Lipinski definition) is 7. The molecule has 8 heteroatoms. The van der Waals surface area contributed by atoms with Gasteiger partial charge >= 0.3 is 10.1 Å². The molecule has 0 amide bonds. The van der Waals surface area contributed by atoms with Crippen molar-refractivity contribution >= 4 is 15.9 Å². The first-order chi connectivity index (χ1) is 14.8. The van der Waals surface area contributed by atoms with Crippen LogP contribution in [0.4, 0.5) is 0 Å². The van der Waals surface area contributed by atoms with Gasteiger partial charge in [0.05, 0.1) is 18.2 Å². The Morgan fingerprint density at radius 2 is 2.03 bits per heavy atom. The summed E-state index contributed by atoms with van der Waals surface area (Å²) in [5.74, 6) is -0.209. The second-order valence-electron chi connectivity index (χ2n) is 7.63. The zero-order valence-electron chi connectivity index (χ0n) is 17.4. The van der Waals surface area contributed by atoms with E-state index in [1.54, 1.807) is 18.2 Å². The number of hydrogen-bond donors (Lipinski definition) is 1. The van der Waals surface area contributed by atoms with E-state index < -0.39 is 22.1 Å². The molecule has 2 aromatic rings. The van der Waals surface area contributed by atoms with E-state index in [0.29, 0.717) is 19.6 Å². The number of ketones is 1. The minimum absolute atomic E-state index is 0.0414. The van der Waals surface area contributed by atoms with Crippen LogP contribution in [-0.2, 0) is 26.1 Å². The van der Waals surface area contributed by atoms with Crippen LogP contribution < -0.4 is 9.50 Å². The first-order valence-corrected chi connectivity index (χ1v) is 12.0. The molecule has 1 aliphatic rings. The van der Waals surface area contributed by atoms with Crippen LogP contribution >= 0.6 is 0 Å². The maximum Gasteiger partial charge on any atom is 0.306 e. The Hall–Kier alpha value is -2.73. The highest BCUT2D eigenvalue weighted by atomic mass is 32.2. The van der Waals surface area contributed by atoms with Crippen molar-refractivity contribution in [1.29, 1.82) is 5.26 Å². The van der Waals surface area contributed by atoms with Gasteiger partial charge < -0.3 is 14.2 Å². The van der Waals surface area contributed by atoms with Crippen LogP contribution in [0.2, 0.25) is 0 Å². The monoisotopic (exact) mass is 442 g/mol. The Morgan fingerprint density at radius 3 is 2.74 bits per heavy atom. The fraction of sp³-hybridized carbons (Fsp3) is 0.391. The normalized spacial score (nSPS) is 17.9. The maximum absolute atomic E-state index is 12.5. The molecule has 1 fully saturated rings. The van der Waals surface area contributed by atoms with Crippen LogP contribution in [-0.4, -0.2) is 46.3 Å². The second kappa shape index (κ2) is 10.5. The van der Waals surface area contributed by atoms with Crippen molar-refractivity contribution in [2.45, 2.75) is 25.4 Å². The zero-order chi connectivity index (χ0) is 22.3. The zero-order valence-corrected chi connectivity index (χ0v) is 18.2. The average Bonchev–Trinajstić information content (AvgIpc) is 3.02. The molecule has 3 rings (SSSR count). The van der Waals surface area contributed by atoms with E-state index in [1.165, 1.54) is 0 Å². The summed E-state index contributed by atoms with van der Waals surface area (Å²) in [6.45, 7) is 1.88. The number of carbonyl (C=O) groups is 1. The van der Waals surface area contributed by atoms with Gasteiger partial charge in [-0.2, -0.15) is 13.7 Å². The third-order valence-corrected chi connectivity index (χ3v) is 5.48. The topological polar surface area (TPSA) is 105 Å². The van der Waals surface area contributed by atoms with Crippen molar-refractivity contribution in [3.63, 3.8) is 0 Å². The van der Waals surface area contributed by atoms with Gasteiger partial charge in [0.25, 0.3) is 0 Å². The number of carbonyl (C=O) groups excluding carboxylic acids is 1. The number of benzene rings is 2. The number of nitrogens with zero attached hydrogens (tertiary/aromatic N) is 1. The van der Waals surface area contributed by atoms with Gasteiger partial charge in [0.15, 0.2) is 5.78 Å². The van der Waals surface area contributed by atoms with Gasteiger partial charge in [-0.3, -0.25) is 4.79 Å². The fourth-order valence-electron chi connectivity index (χ4n) is 3.48. The van der Waals surface area contributed by atoms with Gasteiger partial charge in [0.1, 0.15) is 11.9 Å². The molecule has 0 aliphatic carbocycles. The van der Waals surface area contributed by atoms with Crippen LogP contribution in [0.5, 0.6) is 5.75 Å². The van der Waals surface area contributed by atoms with Crippen LogP contribution in [0.3, 0.4) is 0 Å². The molecule has 0 bridgehead atoms. The summed E-state index contributed by atoms with van der Waals surface area (Å²) in [7, 11) is -3.59. The highest BCUT2D eigenvalue weighted by Crippen LogP contribution is 2.26. The third kappa shape index (κ3) is 7.17. The number of nitriles is 1. The van der Waals surface area contributed by atoms with Crippen LogP contribution in [0, 0.1) is 17.2 Å². The van der Waals surface area contributed by atoms with Crippen LogP contribution in [0.25, 0.3) is 11.1 Å². The lowest BCUT2D eigenvalue weighted by Crippen LogP contribution is -2.34. The van der Waals surface area contributed by atoms with E-state index >= 15 is 0 Å². The highest BCUT2D eigenvalue weighted by molar-refractivity contribution is 7.86. The predicted octanol–water partition coefficient (Wildman–Crippen LogP) is 2.71. The molecule has 1 heterocycles. The number of rotatable bonds is 8. The Bertz CT molecular complexity index is 1040. The molecule has 31 heavy (non-hydrogen) atoms. The maximum atomic E-state index is 12.5. The van der Waals surface area contributed by atoms with Crippen molar-refractivity contribution in [3.05, 3.63) is 54.1 Å². The van der Waals surface area contributed by atoms with Crippen molar-refractivity contribution < 1.29 is 22.1 Å². The number of ether oxygens (including phenoxy) is 1. The summed E-state index contributed by atoms with van der Waals surface area (Å²) in [6.07, 6.45) is 2.03. The smallest absolute Gasteiger partial charge is 0.306 e. The Labute approximate surface area is 183 Å². The summed E-state index contributed by atoms with van der Waals surface area (Å²) in [4.78, 5) is 12.5. The van der Waals surface area contributed by atoms with E-state index in [-0.39, 0.29) is 18.0 Å². The summed E-state index contributed by atoms with van der Waals surface area (Å²) in [5, 5.41) is 12.7. The minimum Gasteiger partial charge on any atom is -0.383 e. The molecule has 0 spiro atoms. The largest absolute Gasteiger partial charge is 0.383 e. The SMILES string of the molecule is CS(=O)(=O)Oc1cccc(-c2ccc(C[C@@H](C#N)CC(=O)[C@@H]3CNCCCO3)cc2)c1. The molecule has 0 unspecified atom stereocenters. The summed E-state index contributed by atoms with van der Waals surface area (Å²) < 4.78 is 33.2. The predicted molar refractivity (Wildman–Crippen MR) is 117 cm³/mol. The van der Waals surface area contributed by atoms with E-state index in [0.717, 1.165) is 35.9 Å². The standard InChI is InChI=1S/C23H26N2O5S/c1-31(27,28)30-21-5-2-4-20(14-21)19-8-6-17(7-9-19)12-18(15-24)13-22(26)23-16-25-10-3-11-29-23/h2,4-9,14,18,23,25H,3,10-13,16H2,1H3/t18-,23+/m1/s1. The molecule has 164 valence electrons. The molecule has 2 aromatic carbocycles. The Kier molecular flexibility index (Phi) is 7.80. The van der Waals surface area contributed by atoms with E-state index in [2.05, 4.69) is 11.4 Å². The van der Waals surface area contributed by atoms with Gasteiger partial charge in [-0.25, -0.2) is 0 Å². The summed E-state index contributed by atoms with van der Waals surface area (Å²) in [6, 6.07) is 16.7. The lowest BCUT2D eigenvalue weighted by atomic mass is 9.93.